The summed E-state index contributed by atoms with van der Waals surface area (Å²) in [5.41, 5.74) is 0.181. The lowest BCUT2D eigenvalue weighted by Crippen LogP contribution is -2.44. The smallest absolute Gasteiger partial charge is 0.335 e. The number of carbonyl (C=O) groups is 2. The molecule has 1 saturated heterocycles. The van der Waals surface area contributed by atoms with Gasteiger partial charge in [-0.2, -0.15) is 0 Å². The number of hydrogen-bond acceptors (Lipinski definition) is 5. The molecule has 152 valence electrons. The topological polar surface area (TPSA) is 116 Å². The molecule has 2 aliphatic rings. The molecule has 2 aromatic carbocycles. The van der Waals surface area contributed by atoms with E-state index in [2.05, 4.69) is 10.0 Å². The molecular formula is C18H15F2N3O5S. The molecule has 0 radical (unpaired) electrons. The minimum Gasteiger partial charge on any atom is -0.478 e. The van der Waals surface area contributed by atoms with Crippen LogP contribution in [0.4, 0.5) is 25.8 Å². The summed E-state index contributed by atoms with van der Waals surface area (Å²) < 4.78 is 54.4. The fourth-order valence-corrected chi connectivity index (χ4v) is 4.68. The summed E-state index contributed by atoms with van der Waals surface area (Å²) in [5, 5.41) is 12.0. The van der Waals surface area contributed by atoms with Crippen molar-refractivity contribution in [1.82, 2.24) is 0 Å². The number of anilines is 3. The van der Waals surface area contributed by atoms with Crippen molar-refractivity contribution in [2.75, 3.05) is 21.5 Å². The highest BCUT2D eigenvalue weighted by Gasteiger charge is 2.39. The second kappa shape index (κ2) is 6.69. The Morgan fingerprint density at radius 3 is 2.66 bits per heavy atom. The number of halogens is 2. The van der Waals surface area contributed by atoms with Gasteiger partial charge >= 0.3 is 5.97 Å². The van der Waals surface area contributed by atoms with Crippen molar-refractivity contribution in [3.63, 3.8) is 0 Å². The Balaban J connectivity index is 1.83. The van der Waals surface area contributed by atoms with E-state index in [1.165, 1.54) is 6.07 Å². The van der Waals surface area contributed by atoms with Crippen molar-refractivity contribution < 1.29 is 31.9 Å². The largest absolute Gasteiger partial charge is 0.478 e. The number of aromatic carboxylic acids is 1. The summed E-state index contributed by atoms with van der Waals surface area (Å²) in [5.74, 6) is -4.15. The lowest BCUT2D eigenvalue weighted by molar-refractivity contribution is -0.117. The predicted octanol–water partition coefficient (Wildman–Crippen LogP) is 2.38. The SMILES string of the molecule is O=C(O)c1cc2c(c(NS(=O)(=O)c3ccc(F)c(F)c3)c1)N1CCCC1C(=O)N2. The molecule has 2 heterocycles. The van der Waals surface area contributed by atoms with Crippen molar-refractivity contribution in [1.29, 1.82) is 0 Å². The quantitative estimate of drug-likeness (QED) is 0.696. The molecule has 1 unspecified atom stereocenters. The van der Waals surface area contributed by atoms with Crippen molar-refractivity contribution in [2.24, 2.45) is 0 Å². The van der Waals surface area contributed by atoms with Crippen LogP contribution >= 0.6 is 0 Å². The van der Waals surface area contributed by atoms with Gasteiger partial charge in [0.05, 0.1) is 27.5 Å². The zero-order valence-corrected chi connectivity index (χ0v) is 15.6. The molecule has 2 aliphatic heterocycles. The summed E-state index contributed by atoms with van der Waals surface area (Å²) in [7, 11) is -4.36. The second-order valence-corrected chi connectivity index (χ2v) is 8.43. The molecule has 4 rings (SSSR count). The Kier molecular flexibility index (Phi) is 4.41. The van der Waals surface area contributed by atoms with Gasteiger partial charge in [0.2, 0.25) is 5.91 Å². The molecule has 1 amide bonds. The van der Waals surface area contributed by atoms with E-state index in [-0.39, 0.29) is 22.8 Å². The van der Waals surface area contributed by atoms with Gasteiger partial charge in [0.1, 0.15) is 6.04 Å². The first-order chi connectivity index (χ1) is 13.7. The minimum absolute atomic E-state index is 0.0727. The van der Waals surface area contributed by atoms with Crippen molar-refractivity contribution in [3.8, 4) is 0 Å². The number of carboxylic acid groups (broad SMARTS) is 1. The number of carboxylic acids is 1. The highest BCUT2D eigenvalue weighted by molar-refractivity contribution is 7.92. The first kappa shape index (κ1) is 19.1. The molecule has 0 aliphatic carbocycles. The molecule has 0 aromatic heterocycles. The Hall–Kier alpha value is -3.21. The third-order valence-corrected chi connectivity index (χ3v) is 6.27. The molecule has 11 heteroatoms. The number of rotatable bonds is 4. The van der Waals surface area contributed by atoms with Crippen LogP contribution in [0.15, 0.2) is 35.2 Å². The van der Waals surface area contributed by atoms with Gasteiger partial charge in [0.25, 0.3) is 10.0 Å². The van der Waals surface area contributed by atoms with Crippen molar-refractivity contribution in [3.05, 3.63) is 47.5 Å². The van der Waals surface area contributed by atoms with Gasteiger partial charge in [-0.3, -0.25) is 9.52 Å². The van der Waals surface area contributed by atoms with Crippen molar-refractivity contribution >= 4 is 39.0 Å². The molecule has 1 fully saturated rings. The monoisotopic (exact) mass is 423 g/mol. The summed E-state index contributed by atoms with van der Waals surface area (Å²) in [6.07, 6.45) is 1.27. The number of benzene rings is 2. The molecule has 3 N–H and O–H groups in total. The standard InChI is InChI=1S/C18H15F2N3O5S/c19-11-4-3-10(8-12(11)20)29(27,28)22-14-7-9(18(25)26)6-13-16(14)23-5-1-2-15(23)17(24)21-13/h3-4,6-8,15,22H,1-2,5H2,(H,21,24)(H,25,26). The van der Waals surface area contributed by atoms with E-state index in [4.69, 9.17) is 0 Å². The molecular weight excluding hydrogens is 408 g/mol. The summed E-state index contributed by atoms with van der Waals surface area (Å²) >= 11 is 0. The second-order valence-electron chi connectivity index (χ2n) is 6.75. The van der Waals surface area contributed by atoms with Gasteiger partial charge < -0.3 is 15.3 Å². The van der Waals surface area contributed by atoms with E-state index in [0.29, 0.717) is 37.2 Å². The molecule has 8 nitrogen and oxygen atoms in total. The number of nitrogens with zero attached hydrogens (tertiary/aromatic N) is 1. The van der Waals surface area contributed by atoms with Gasteiger partial charge in [0, 0.05) is 6.54 Å². The average molecular weight is 423 g/mol. The van der Waals surface area contributed by atoms with Crippen LogP contribution in [-0.2, 0) is 14.8 Å². The first-order valence-electron chi connectivity index (χ1n) is 8.64. The average Bonchev–Trinajstić information content (AvgIpc) is 3.13. The maximum atomic E-state index is 13.5. The zero-order valence-electron chi connectivity index (χ0n) is 14.8. The summed E-state index contributed by atoms with van der Waals surface area (Å²) in [6.45, 7) is 0.484. The lowest BCUT2D eigenvalue weighted by atomic mass is 10.1. The van der Waals surface area contributed by atoms with E-state index >= 15 is 0 Å². The van der Waals surface area contributed by atoms with Gasteiger partial charge in [-0.1, -0.05) is 0 Å². The van der Waals surface area contributed by atoms with Crippen LogP contribution in [-0.4, -0.2) is 38.0 Å². The van der Waals surface area contributed by atoms with Crippen molar-refractivity contribution in [2.45, 2.75) is 23.8 Å². The maximum absolute atomic E-state index is 13.5. The lowest BCUT2D eigenvalue weighted by Gasteiger charge is -2.35. The van der Waals surface area contributed by atoms with E-state index in [0.717, 1.165) is 12.1 Å². The van der Waals surface area contributed by atoms with E-state index < -0.39 is 38.6 Å². The van der Waals surface area contributed by atoms with Gasteiger partial charge in [-0.05, 0) is 43.2 Å². The summed E-state index contributed by atoms with van der Waals surface area (Å²) in [4.78, 5) is 24.9. The van der Waals surface area contributed by atoms with E-state index in [9.17, 15) is 31.9 Å². The number of amides is 1. The molecule has 29 heavy (non-hydrogen) atoms. The van der Waals surface area contributed by atoms with Gasteiger partial charge in [-0.25, -0.2) is 22.0 Å². The third-order valence-electron chi connectivity index (χ3n) is 4.90. The van der Waals surface area contributed by atoms with Gasteiger partial charge in [-0.15, -0.1) is 0 Å². The van der Waals surface area contributed by atoms with Crippen LogP contribution < -0.4 is 14.9 Å². The Morgan fingerprint density at radius 1 is 1.21 bits per heavy atom. The first-order valence-corrected chi connectivity index (χ1v) is 10.1. The third kappa shape index (κ3) is 3.27. The van der Waals surface area contributed by atoms with Crippen LogP contribution in [0, 0.1) is 11.6 Å². The van der Waals surface area contributed by atoms with Crippen LogP contribution in [0.25, 0.3) is 0 Å². The Bertz CT molecular complexity index is 1150. The van der Waals surface area contributed by atoms with Crippen LogP contribution in [0.1, 0.15) is 23.2 Å². The normalized spacial score (nSPS) is 18.1. The van der Waals surface area contributed by atoms with Crippen LogP contribution in [0.3, 0.4) is 0 Å². The van der Waals surface area contributed by atoms with Crippen LogP contribution in [0.5, 0.6) is 0 Å². The zero-order chi connectivity index (χ0) is 20.9. The highest BCUT2D eigenvalue weighted by Crippen LogP contribution is 2.43. The van der Waals surface area contributed by atoms with Gasteiger partial charge in [0.15, 0.2) is 11.6 Å². The molecule has 0 spiro atoms. The Morgan fingerprint density at radius 2 is 1.97 bits per heavy atom. The molecule has 0 saturated carbocycles. The molecule has 2 aromatic rings. The van der Waals surface area contributed by atoms with Crippen LogP contribution in [0.2, 0.25) is 0 Å². The number of fused-ring (bicyclic) bond motifs is 3. The maximum Gasteiger partial charge on any atom is 0.335 e. The Labute approximate surface area is 164 Å². The minimum atomic E-state index is -4.36. The fraction of sp³-hybridized carbons (Fsp3) is 0.222. The predicted molar refractivity (Wildman–Crippen MR) is 99.6 cm³/mol. The number of sulfonamides is 1. The number of hydrogen-bond donors (Lipinski definition) is 3. The number of carbonyl (C=O) groups excluding carboxylic acids is 1. The highest BCUT2D eigenvalue weighted by atomic mass is 32.2. The number of nitrogens with one attached hydrogen (secondary N) is 2. The fourth-order valence-electron chi connectivity index (χ4n) is 3.61. The van der Waals surface area contributed by atoms with E-state index in [1.54, 1.807) is 4.90 Å². The van der Waals surface area contributed by atoms with E-state index in [1.807, 2.05) is 0 Å². The summed E-state index contributed by atoms with van der Waals surface area (Å²) in [6, 6.07) is 4.00. The molecule has 1 atom stereocenters. The molecule has 0 bridgehead atoms.